The Morgan fingerprint density at radius 2 is 1.57 bits per heavy atom. The average Bonchev–Trinajstić information content (AvgIpc) is 2.98. The summed E-state index contributed by atoms with van der Waals surface area (Å²) >= 11 is 4.52. The number of rotatable bonds is 4. The van der Waals surface area contributed by atoms with Crippen molar-refractivity contribution in [2.24, 2.45) is 0 Å². The van der Waals surface area contributed by atoms with Crippen LogP contribution in [0.25, 0.3) is 30.9 Å². The van der Waals surface area contributed by atoms with Crippen LogP contribution in [0.3, 0.4) is 0 Å². The topological polar surface area (TPSA) is 0 Å². The third-order valence-corrected chi connectivity index (χ3v) is 7.04. The molecule has 0 saturated carbocycles. The second kappa shape index (κ2) is 6.40. The number of thiophene rings is 1. The molecule has 23 heavy (non-hydrogen) atoms. The Labute approximate surface area is 154 Å². The number of aryl methyl sites for hydroxylation is 1. The number of fused-ring (bicyclic) bond motifs is 5. The lowest BCUT2D eigenvalue weighted by Crippen LogP contribution is -1.93. The number of halogens is 1. The highest BCUT2D eigenvalue weighted by molar-refractivity contribution is 14.1. The predicted octanol–water partition coefficient (Wildman–Crippen LogP) is 7.55. The highest BCUT2D eigenvalue weighted by Gasteiger charge is 2.16. The van der Waals surface area contributed by atoms with Gasteiger partial charge < -0.3 is 0 Å². The summed E-state index contributed by atoms with van der Waals surface area (Å²) in [4.78, 5) is 0. The molecule has 0 nitrogen and oxygen atoms in total. The molecule has 0 fully saturated rings. The summed E-state index contributed by atoms with van der Waals surface area (Å²) in [7, 11) is 0. The van der Waals surface area contributed by atoms with Crippen molar-refractivity contribution in [1.82, 2.24) is 0 Å². The first-order valence-corrected chi connectivity index (χ1v) is 10.2. The second-order valence-electron chi connectivity index (χ2n) is 6.10. The minimum absolute atomic E-state index is 1.19. The minimum atomic E-state index is 1.19. The zero-order valence-corrected chi connectivity index (χ0v) is 16.2. The molecular weight excluding hydrogens is 411 g/mol. The lowest BCUT2D eigenvalue weighted by molar-refractivity contribution is 0.719. The highest BCUT2D eigenvalue weighted by Crippen LogP contribution is 2.43. The van der Waals surface area contributed by atoms with E-state index in [4.69, 9.17) is 0 Å². The Kier molecular flexibility index (Phi) is 4.29. The summed E-state index contributed by atoms with van der Waals surface area (Å²) in [5, 5.41) is 5.76. The maximum atomic E-state index is 2.57. The molecule has 0 aliphatic heterocycles. The van der Waals surface area contributed by atoms with E-state index in [2.05, 4.69) is 78.0 Å². The molecule has 3 aromatic carbocycles. The van der Waals surface area contributed by atoms with Gasteiger partial charge in [-0.1, -0.05) is 62.2 Å². The van der Waals surface area contributed by atoms with Crippen molar-refractivity contribution >= 4 is 64.9 Å². The van der Waals surface area contributed by atoms with Crippen molar-refractivity contribution in [3.63, 3.8) is 0 Å². The number of hydrogen-bond acceptors (Lipinski definition) is 1. The quantitative estimate of drug-likeness (QED) is 0.232. The van der Waals surface area contributed by atoms with Crippen molar-refractivity contribution < 1.29 is 0 Å². The van der Waals surface area contributed by atoms with E-state index in [0.29, 0.717) is 0 Å². The normalized spacial score (nSPS) is 11.7. The average molecular weight is 430 g/mol. The van der Waals surface area contributed by atoms with E-state index in [1.54, 1.807) is 5.56 Å². The van der Waals surface area contributed by atoms with Crippen LogP contribution in [0, 0.1) is 3.57 Å². The van der Waals surface area contributed by atoms with Crippen LogP contribution in [0.5, 0.6) is 0 Å². The van der Waals surface area contributed by atoms with Crippen LogP contribution in [0.1, 0.15) is 31.7 Å². The lowest BCUT2D eigenvalue weighted by atomic mass is 9.97. The van der Waals surface area contributed by atoms with Gasteiger partial charge in [0.15, 0.2) is 0 Å². The van der Waals surface area contributed by atoms with Crippen LogP contribution < -0.4 is 0 Å². The molecule has 0 atom stereocenters. The highest BCUT2D eigenvalue weighted by atomic mass is 127. The van der Waals surface area contributed by atoms with Crippen LogP contribution in [0.2, 0.25) is 0 Å². The van der Waals surface area contributed by atoms with Gasteiger partial charge in [0.25, 0.3) is 0 Å². The van der Waals surface area contributed by atoms with Gasteiger partial charge in [0.2, 0.25) is 0 Å². The Morgan fingerprint density at radius 3 is 2.35 bits per heavy atom. The van der Waals surface area contributed by atoms with Gasteiger partial charge in [0.05, 0.1) is 0 Å². The fourth-order valence-electron chi connectivity index (χ4n) is 3.47. The van der Waals surface area contributed by atoms with Gasteiger partial charge in [-0.3, -0.25) is 0 Å². The smallest absolute Gasteiger partial charge is 0.0437 e. The third-order valence-electron chi connectivity index (χ3n) is 4.60. The SMILES string of the molecule is CCCCCc1c(I)c2ccccc2c2sc3ccccc3c12. The maximum Gasteiger partial charge on any atom is 0.0437 e. The van der Waals surface area contributed by atoms with Crippen molar-refractivity contribution in [3.8, 4) is 0 Å². The molecule has 116 valence electrons. The maximum absolute atomic E-state index is 2.57. The van der Waals surface area contributed by atoms with Gasteiger partial charge in [-0.15, -0.1) is 11.3 Å². The molecule has 0 saturated heterocycles. The molecule has 1 heterocycles. The van der Waals surface area contributed by atoms with E-state index in [1.165, 1.54) is 60.2 Å². The molecule has 0 radical (unpaired) electrons. The standard InChI is InChI=1S/C21H19IS/c1-2-3-4-12-17-19-16-11-7-8-13-18(16)23-21(19)15-10-6-5-9-14(15)20(17)22/h5-11,13H,2-4,12H2,1H3. The Balaban J connectivity index is 2.11. The summed E-state index contributed by atoms with van der Waals surface area (Å²) in [5.41, 5.74) is 1.56. The largest absolute Gasteiger partial charge is 0.135 e. The van der Waals surface area contributed by atoms with Crippen LogP contribution in [0.4, 0.5) is 0 Å². The number of hydrogen-bond donors (Lipinski definition) is 0. The summed E-state index contributed by atoms with van der Waals surface area (Å²) in [5.74, 6) is 0. The zero-order valence-electron chi connectivity index (χ0n) is 13.2. The van der Waals surface area contributed by atoms with Crippen LogP contribution in [-0.4, -0.2) is 0 Å². The first-order valence-electron chi connectivity index (χ1n) is 8.31. The summed E-state index contributed by atoms with van der Waals surface area (Å²) in [6.07, 6.45) is 5.06. The van der Waals surface area contributed by atoms with E-state index in [-0.39, 0.29) is 0 Å². The Bertz CT molecular complexity index is 997. The van der Waals surface area contributed by atoms with Gasteiger partial charge in [-0.2, -0.15) is 0 Å². The van der Waals surface area contributed by atoms with Crippen LogP contribution in [0.15, 0.2) is 48.5 Å². The molecule has 2 heteroatoms. The molecule has 1 aromatic heterocycles. The molecular formula is C21H19IS. The molecule has 0 amide bonds. The lowest BCUT2D eigenvalue weighted by Gasteiger charge is -2.11. The van der Waals surface area contributed by atoms with E-state index in [9.17, 15) is 0 Å². The van der Waals surface area contributed by atoms with E-state index in [0.717, 1.165) is 0 Å². The molecule has 0 unspecified atom stereocenters. The Hall–Kier alpha value is -1.13. The van der Waals surface area contributed by atoms with Gasteiger partial charge in [0, 0.05) is 29.1 Å². The second-order valence-corrected chi connectivity index (χ2v) is 8.23. The number of unbranched alkanes of at least 4 members (excludes halogenated alkanes) is 2. The van der Waals surface area contributed by atoms with Crippen molar-refractivity contribution in [1.29, 1.82) is 0 Å². The minimum Gasteiger partial charge on any atom is -0.135 e. The predicted molar refractivity (Wildman–Crippen MR) is 113 cm³/mol. The molecule has 4 aromatic rings. The first kappa shape index (κ1) is 15.4. The molecule has 0 aliphatic rings. The molecule has 0 bridgehead atoms. The van der Waals surface area contributed by atoms with Gasteiger partial charge >= 0.3 is 0 Å². The van der Waals surface area contributed by atoms with E-state index >= 15 is 0 Å². The zero-order chi connectivity index (χ0) is 15.8. The summed E-state index contributed by atoms with van der Waals surface area (Å²) in [6.45, 7) is 2.28. The fourth-order valence-corrected chi connectivity index (χ4v) is 5.75. The fraction of sp³-hybridized carbons (Fsp3) is 0.238. The first-order chi connectivity index (χ1) is 11.3. The van der Waals surface area contributed by atoms with Crippen molar-refractivity contribution in [2.45, 2.75) is 32.6 Å². The van der Waals surface area contributed by atoms with E-state index in [1.807, 2.05) is 11.3 Å². The molecule has 0 N–H and O–H groups in total. The van der Waals surface area contributed by atoms with Crippen LogP contribution >= 0.6 is 33.9 Å². The van der Waals surface area contributed by atoms with Gasteiger partial charge in [-0.05, 0) is 52.4 Å². The number of benzene rings is 3. The van der Waals surface area contributed by atoms with Gasteiger partial charge in [-0.25, -0.2) is 0 Å². The Morgan fingerprint density at radius 1 is 0.870 bits per heavy atom. The molecule has 0 spiro atoms. The van der Waals surface area contributed by atoms with E-state index < -0.39 is 0 Å². The van der Waals surface area contributed by atoms with Crippen molar-refractivity contribution in [3.05, 3.63) is 57.7 Å². The van der Waals surface area contributed by atoms with Crippen LogP contribution in [-0.2, 0) is 6.42 Å². The van der Waals surface area contributed by atoms with Gasteiger partial charge in [0.1, 0.15) is 0 Å². The summed E-state index contributed by atoms with van der Waals surface area (Å²) in [6, 6.07) is 17.8. The molecule has 0 aliphatic carbocycles. The van der Waals surface area contributed by atoms with Crippen molar-refractivity contribution in [2.75, 3.05) is 0 Å². The molecule has 4 rings (SSSR count). The summed E-state index contributed by atoms with van der Waals surface area (Å²) < 4.78 is 4.32. The monoisotopic (exact) mass is 430 g/mol. The third kappa shape index (κ3) is 2.56.